The van der Waals surface area contributed by atoms with Crippen molar-refractivity contribution >= 4 is 34.8 Å². The molecule has 3 heterocycles. The van der Waals surface area contributed by atoms with Crippen molar-refractivity contribution in [1.82, 2.24) is 14.9 Å². The third kappa shape index (κ3) is 7.41. The summed E-state index contributed by atoms with van der Waals surface area (Å²) in [7, 11) is 0. The highest BCUT2D eigenvalue weighted by Crippen LogP contribution is 2.44. The molecule has 1 aromatic heterocycles. The van der Waals surface area contributed by atoms with Crippen LogP contribution in [-0.4, -0.2) is 83.5 Å². The van der Waals surface area contributed by atoms with Gasteiger partial charge in [0, 0.05) is 54.0 Å². The maximum atomic E-state index is 12.4. The van der Waals surface area contributed by atoms with Crippen LogP contribution >= 0.6 is 11.6 Å². The molecular weight excluding hydrogens is 587 g/mol. The van der Waals surface area contributed by atoms with E-state index >= 15 is 0 Å². The Kier molecular flexibility index (Phi) is 9.60. The summed E-state index contributed by atoms with van der Waals surface area (Å²) in [5.74, 6) is 1.49. The summed E-state index contributed by atoms with van der Waals surface area (Å²) < 4.78 is 47.5. The Morgan fingerprint density at radius 3 is 2.44 bits per heavy atom. The zero-order valence-electron chi connectivity index (χ0n) is 24.9. The van der Waals surface area contributed by atoms with Crippen LogP contribution in [0.4, 0.5) is 23.8 Å². The Labute approximate surface area is 254 Å². The average molecular weight is 624 g/mol. The normalized spacial score (nSPS) is 16.3. The fourth-order valence-corrected chi connectivity index (χ4v) is 5.78. The summed E-state index contributed by atoms with van der Waals surface area (Å²) >= 11 is 6.62. The second-order valence-electron chi connectivity index (χ2n) is 11.6. The first kappa shape index (κ1) is 32.5. The van der Waals surface area contributed by atoms with Gasteiger partial charge < -0.3 is 29.8 Å². The van der Waals surface area contributed by atoms with Crippen molar-refractivity contribution in [3.05, 3.63) is 40.1 Å². The maximum Gasteiger partial charge on any atom is 0.422 e. The lowest BCUT2D eigenvalue weighted by molar-refractivity contribution is -0.165. The lowest BCUT2D eigenvalue weighted by Gasteiger charge is -2.60. The van der Waals surface area contributed by atoms with E-state index in [4.69, 9.17) is 31.7 Å². The second kappa shape index (κ2) is 12.7. The number of hydrogen-bond donors (Lipinski definition) is 2. The van der Waals surface area contributed by atoms with E-state index in [1.165, 1.54) is 4.90 Å². The fraction of sp³-hybridized carbons (Fsp3) is 0.533. The molecule has 2 aliphatic heterocycles. The van der Waals surface area contributed by atoms with Gasteiger partial charge in [0.1, 0.15) is 18.2 Å². The predicted octanol–water partition coefficient (Wildman–Crippen LogP) is 6.30. The molecule has 2 fully saturated rings. The van der Waals surface area contributed by atoms with Crippen LogP contribution in [0.3, 0.4) is 0 Å². The van der Waals surface area contributed by atoms with E-state index in [0.717, 1.165) is 17.6 Å². The number of likely N-dealkylation sites (tertiary alicyclic amines) is 1. The highest BCUT2D eigenvalue weighted by atomic mass is 35.5. The topological polar surface area (TPSA) is 112 Å². The van der Waals surface area contributed by atoms with E-state index in [1.54, 1.807) is 25.1 Å². The summed E-state index contributed by atoms with van der Waals surface area (Å²) in [6.07, 6.45) is -4.70. The van der Waals surface area contributed by atoms with Gasteiger partial charge in [0.25, 0.3) is 0 Å². The van der Waals surface area contributed by atoms with E-state index in [1.807, 2.05) is 32.6 Å². The Balaban J connectivity index is 1.62. The third-order valence-corrected chi connectivity index (χ3v) is 7.83. The summed E-state index contributed by atoms with van der Waals surface area (Å²) in [6, 6.07) is 5.13. The fourth-order valence-electron chi connectivity index (χ4n) is 5.58. The summed E-state index contributed by atoms with van der Waals surface area (Å²) in [5.41, 5.74) is 3.57. The Hall–Kier alpha value is -3.38. The molecule has 0 saturated carbocycles. The molecule has 4 rings (SSSR count). The quantitative estimate of drug-likeness (QED) is 0.299. The maximum absolute atomic E-state index is 12.4. The molecule has 1 aromatic carbocycles. The number of carbonyl (C=O) groups is 1. The average Bonchev–Trinajstić information content (AvgIpc) is 2.86. The molecule has 2 saturated heterocycles. The molecule has 1 amide bonds. The van der Waals surface area contributed by atoms with E-state index in [0.29, 0.717) is 64.5 Å². The van der Waals surface area contributed by atoms with Crippen LogP contribution < -0.4 is 9.64 Å². The van der Waals surface area contributed by atoms with E-state index in [-0.39, 0.29) is 25.1 Å². The second-order valence-corrected chi connectivity index (χ2v) is 12.0. The molecule has 234 valence electrons. The highest BCUT2D eigenvalue weighted by molar-refractivity contribution is 6.33. The monoisotopic (exact) mass is 623 g/mol. The van der Waals surface area contributed by atoms with Crippen LogP contribution in [0.5, 0.6) is 5.75 Å². The molecule has 1 atom stereocenters. The largest absolute Gasteiger partial charge is 0.491 e. The number of alkyl halides is 3. The molecule has 2 N–H and O–H groups in total. The molecule has 2 aliphatic rings. The molecule has 2 aromatic rings. The number of halogens is 4. The van der Waals surface area contributed by atoms with Crippen LogP contribution in [0.2, 0.25) is 5.02 Å². The number of aromatic nitrogens is 2. The molecular formula is C30H37ClF3N5O4. The van der Waals surface area contributed by atoms with Crippen molar-refractivity contribution < 1.29 is 32.5 Å². The van der Waals surface area contributed by atoms with Gasteiger partial charge >= 0.3 is 12.3 Å². The Bertz CT molecular complexity index is 1410. The third-order valence-electron chi connectivity index (χ3n) is 7.50. The number of aliphatic hydroxyl groups excluding tert-OH is 1. The lowest BCUT2D eigenvalue weighted by atomic mass is 9.73. The number of benzene rings is 1. The minimum atomic E-state index is -4.57. The summed E-state index contributed by atoms with van der Waals surface area (Å²) in [4.78, 5) is 25.1. The van der Waals surface area contributed by atoms with Gasteiger partial charge in [-0.2, -0.15) is 13.2 Å². The predicted molar refractivity (Wildman–Crippen MR) is 159 cm³/mol. The van der Waals surface area contributed by atoms with Crippen LogP contribution in [0.25, 0.3) is 17.0 Å². The molecule has 43 heavy (non-hydrogen) atoms. The number of rotatable bonds is 10. The van der Waals surface area contributed by atoms with Gasteiger partial charge in [0.15, 0.2) is 12.4 Å². The zero-order valence-corrected chi connectivity index (χ0v) is 25.7. The van der Waals surface area contributed by atoms with Crippen molar-refractivity contribution in [3.8, 4) is 17.1 Å². The van der Waals surface area contributed by atoms with Gasteiger partial charge in [-0.1, -0.05) is 30.5 Å². The van der Waals surface area contributed by atoms with Crippen molar-refractivity contribution in [2.24, 2.45) is 5.41 Å². The van der Waals surface area contributed by atoms with E-state index in [2.05, 4.69) is 4.74 Å². The van der Waals surface area contributed by atoms with Gasteiger partial charge in [-0.15, -0.1) is 0 Å². The molecule has 0 aliphatic carbocycles. The first-order valence-electron chi connectivity index (χ1n) is 14.1. The van der Waals surface area contributed by atoms with Gasteiger partial charge in [0.05, 0.1) is 16.8 Å². The number of nitrogens with one attached hydrogen (secondary N) is 1. The van der Waals surface area contributed by atoms with Crippen LogP contribution in [0.1, 0.15) is 51.8 Å². The van der Waals surface area contributed by atoms with Crippen molar-refractivity contribution in [1.29, 1.82) is 5.41 Å². The number of hydrogen-bond acceptors (Lipinski definition) is 8. The van der Waals surface area contributed by atoms with Crippen molar-refractivity contribution in [3.63, 3.8) is 0 Å². The van der Waals surface area contributed by atoms with Crippen LogP contribution in [0, 0.1) is 17.7 Å². The molecule has 1 spiro atoms. The van der Waals surface area contributed by atoms with Crippen molar-refractivity contribution in [2.45, 2.75) is 59.7 Å². The molecule has 0 bridgehead atoms. The van der Waals surface area contributed by atoms with E-state index in [9.17, 15) is 23.1 Å². The standard InChI is InChI=1S/C30H37ClF3N5O4/c1-6-7-20(40)11-42-21-8-9-23(31)22(10-21)26-36-25(24(17(2)3)19(5)35)18(4)27(37-26)38-12-29(13-38)14-39(15-29)28(41)43-16-30(32,33)34/h8-10,20,35,40H,6-7,11-16H2,1-5H3/t20-/m1/s1. The first-order valence-corrected chi connectivity index (χ1v) is 14.5. The van der Waals surface area contributed by atoms with Gasteiger partial charge in [0.2, 0.25) is 0 Å². The van der Waals surface area contributed by atoms with Crippen LogP contribution in [0.15, 0.2) is 23.8 Å². The Morgan fingerprint density at radius 2 is 1.86 bits per heavy atom. The number of aliphatic hydroxyl groups is 1. The van der Waals surface area contributed by atoms with Crippen LogP contribution in [-0.2, 0) is 4.74 Å². The number of carbonyl (C=O) groups excluding carboxylic acids is 1. The smallest absolute Gasteiger partial charge is 0.422 e. The first-order chi connectivity index (χ1) is 20.1. The molecule has 0 unspecified atom stereocenters. The molecule has 13 heteroatoms. The minimum absolute atomic E-state index is 0.131. The van der Waals surface area contributed by atoms with Gasteiger partial charge in [-0.3, -0.25) is 0 Å². The molecule has 0 radical (unpaired) electrons. The minimum Gasteiger partial charge on any atom is -0.491 e. The molecule has 9 nitrogen and oxygen atoms in total. The van der Waals surface area contributed by atoms with Gasteiger partial charge in [-0.25, -0.2) is 14.8 Å². The zero-order chi connectivity index (χ0) is 31.7. The number of nitrogens with zero attached hydrogens (tertiary/aromatic N) is 4. The SMILES string of the molecule is CCC[C@@H](O)COc1ccc(Cl)c(-c2nc(C(C(C)=N)=C(C)C)c(C)c(N3CC4(CN(C(=O)OCC(F)(F)F)C4)C3)n2)c1. The van der Waals surface area contributed by atoms with Crippen molar-refractivity contribution in [2.75, 3.05) is 44.3 Å². The highest BCUT2D eigenvalue weighted by Gasteiger charge is 2.54. The number of allylic oxidation sites excluding steroid dienone is 2. The number of anilines is 1. The lowest BCUT2D eigenvalue weighted by Crippen LogP contribution is -2.73. The Morgan fingerprint density at radius 1 is 1.19 bits per heavy atom. The number of amides is 1. The number of ether oxygens (including phenoxy) is 2. The van der Waals surface area contributed by atoms with E-state index < -0.39 is 25.0 Å². The van der Waals surface area contributed by atoms with Gasteiger partial charge in [-0.05, 0) is 52.3 Å². The summed E-state index contributed by atoms with van der Waals surface area (Å²) in [6.45, 7) is 9.57. The summed E-state index contributed by atoms with van der Waals surface area (Å²) in [5, 5.41) is 19.0.